The number of aryl methyl sites for hydroxylation is 1. The lowest BCUT2D eigenvalue weighted by molar-refractivity contribution is 0.311. The third-order valence-electron chi connectivity index (χ3n) is 3.29. The van der Waals surface area contributed by atoms with Crippen molar-refractivity contribution in [2.75, 3.05) is 29.8 Å². The lowest BCUT2D eigenvalue weighted by atomic mass is 10.2. The summed E-state index contributed by atoms with van der Waals surface area (Å²) < 4.78 is 33.1. The minimum absolute atomic E-state index is 0.322. The van der Waals surface area contributed by atoms with Crippen LogP contribution in [-0.2, 0) is 10.0 Å². The number of anilines is 2. The van der Waals surface area contributed by atoms with Crippen LogP contribution in [0.2, 0.25) is 0 Å². The average molecular weight is 324 g/mol. The van der Waals surface area contributed by atoms with Gasteiger partial charge in [0.2, 0.25) is 0 Å². The first-order valence-electron chi connectivity index (χ1n) is 6.53. The Morgan fingerprint density at radius 1 is 1.29 bits per heavy atom. The van der Waals surface area contributed by atoms with Crippen LogP contribution < -0.4 is 14.4 Å². The van der Waals surface area contributed by atoms with Gasteiger partial charge in [0.15, 0.2) is 0 Å². The van der Waals surface area contributed by atoms with E-state index in [2.05, 4.69) is 4.72 Å². The van der Waals surface area contributed by atoms with Crippen LogP contribution in [0, 0.1) is 6.92 Å². The summed E-state index contributed by atoms with van der Waals surface area (Å²) in [5.74, 6) is 0.777. The lowest BCUT2D eigenvalue weighted by Crippen LogP contribution is -2.28. The third kappa shape index (κ3) is 2.84. The number of nitrogens with zero attached hydrogens (tertiary/aromatic N) is 1. The Labute approximate surface area is 128 Å². The largest absolute Gasteiger partial charge is 0.490 e. The van der Waals surface area contributed by atoms with Crippen molar-refractivity contribution in [2.45, 2.75) is 11.1 Å². The van der Waals surface area contributed by atoms with Gasteiger partial charge in [-0.05, 0) is 37.3 Å². The molecule has 21 heavy (non-hydrogen) atoms. The summed E-state index contributed by atoms with van der Waals surface area (Å²) in [6.45, 7) is 3.31. The Morgan fingerprint density at radius 2 is 2.10 bits per heavy atom. The zero-order valence-corrected chi connectivity index (χ0v) is 13.4. The first-order chi connectivity index (χ1) is 9.95. The third-order valence-corrected chi connectivity index (χ3v) is 6.16. The van der Waals surface area contributed by atoms with Crippen LogP contribution >= 0.6 is 11.3 Å². The normalized spacial score (nSPS) is 14.5. The van der Waals surface area contributed by atoms with Crippen LogP contribution in [0.5, 0.6) is 5.75 Å². The summed E-state index contributed by atoms with van der Waals surface area (Å²) >= 11 is 1.26. The maximum atomic E-state index is 12.3. The number of hydrogen-bond acceptors (Lipinski definition) is 5. The van der Waals surface area contributed by atoms with Gasteiger partial charge in [0.25, 0.3) is 10.0 Å². The Morgan fingerprint density at radius 3 is 2.81 bits per heavy atom. The van der Waals surface area contributed by atoms with Crippen LogP contribution in [0.25, 0.3) is 0 Å². The van der Waals surface area contributed by atoms with Gasteiger partial charge in [0.1, 0.15) is 16.6 Å². The molecule has 0 fully saturated rings. The molecule has 5 nitrogen and oxygen atoms in total. The van der Waals surface area contributed by atoms with Gasteiger partial charge in [-0.25, -0.2) is 8.42 Å². The molecule has 0 saturated heterocycles. The van der Waals surface area contributed by atoms with Gasteiger partial charge < -0.3 is 9.64 Å². The molecule has 0 bridgehead atoms. The second kappa shape index (κ2) is 5.23. The molecule has 0 radical (unpaired) electrons. The van der Waals surface area contributed by atoms with Gasteiger partial charge in [-0.3, -0.25) is 4.72 Å². The number of nitrogens with one attached hydrogen (secondary N) is 1. The minimum atomic E-state index is -3.53. The summed E-state index contributed by atoms with van der Waals surface area (Å²) in [4.78, 5) is 3.01. The number of benzene rings is 1. The second-order valence-corrected chi connectivity index (χ2v) is 8.12. The summed E-state index contributed by atoms with van der Waals surface area (Å²) in [5.41, 5.74) is 1.43. The Bertz CT molecular complexity index is 768. The Kier molecular flexibility index (Phi) is 3.54. The van der Waals surface area contributed by atoms with E-state index in [1.54, 1.807) is 30.3 Å². The molecule has 0 saturated carbocycles. The van der Waals surface area contributed by atoms with E-state index in [4.69, 9.17) is 4.74 Å². The van der Waals surface area contributed by atoms with E-state index in [0.29, 0.717) is 16.5 Å². The highest BCUT2D eigenvalue weighted by Gasteiger charge is 2.19. The predicted octanol–water partition coefficient (Wildman–Crippen LogP) is 2.69. The Hall–Kier alpha value is -1.73. The van der Waals surface area contributed by atoms with Crippen molar-refractivity contribution in [3.8, 4) is 5.75 Å². The molecule has 0 aliphatic carbocycles. The number of fused-ring (bicyclic) bond motifs is 1. The summed E-state index contributed by atoms with van der Waals surface area (Å²) in [5, 5.41) is 0. The van der Waals surface area contributed by atoms with Crippen molar-refractivity contribution in [1.82, 2.24) is 0 Å². The molecule has 3 rings (SSSR count). The van der Waals surface area contributed by atoms with Crippen LogP contribution in [-0.4, -0.2) is 28.6 Å². The summed E-state index contributed by atoms with van der Waals surface area (Å²) in [7, 11) is -1.57. The summed E-state index contributed by atoms with van der Waals surface area (Å²) in [6.07, 6.45) is 0. The molecule has 0 spiro atoms. The van der Waals surface area contributed by atoms with Crippen LogP contribution in [0.1, 0.15) is 4.88 Å². The molecule has 1 aliphatic rings. The number of hydrogen-bond donors (Lipinski definition) is 1. The van der Waals surface area contributed by atoms with Crippen LogP contribution in [0.4, 0.5) is 11.4 Å². The molecule has 1 aromatic carbocycles. The zero-order chi connectivity index (χ0) is 15.0. The monoisotopic (exact) mass is 324 g/mol. The van der Waals surface area contributed by atoms with E-state index in [9.17, 15) is 8.42 Å². The van der Waals surface area contributed by atoms with Crippen molar-refractivity contribution in [2.24, 2.45) is 0 Å². The number of thiophene rings is 1. The maximum absolute atomic E-state index is 12.3. The van der Waals surface area contributed by atoms with Crippen molar-refractivity contribution in [3.63, 3.8) is 0 Å². The van der Waals surface area contributed by atoms with E-state index in [1.165, 1.54) is 11.3 Å². The number of likely N-dealkylation sites (N-methyl/N-ethyl adjacent to an activating group) is 1. The van der Waals surface area contributed by atoms with Crippen molar-refractivity contribution < 1.29 is 13.2 Å². The van der Waals surface area contributed by atoms with E-state index < -0.39 is 10.0 Å². The van der Waals surface area contributed by atoms with Crippen LogP contribution in [0.3, 0.4) is 0 Å². The molecule has 7 heteroatoms. The van der Waals surface area contributed by atoms with Gasteiger partial charge in [0, 0.05) is 11.9 Å². The van der Waals surface area contributed by atoms with Gasteiger partial charge >= 0.3 is 0 Å². The van der Waals surface area contributed by atoms with E-state index in [1.807, 2.05) is 18.9 Å². The average Bonchev–Trinajstić information content (AvgIpc) is 2.87. The fraction of sp³-hybridized carbons (Fsp3) is 0.286. The SMILES string of the molecule is Cc1ccc(S(=O)(=O)Nc2ccc3c(c2)N(C)CCO3)s1. The molecular formula is C14H16N2O3S2. The molecule has 1 aliphatic heterocycles. The smallest absolute Gasteiger partial charge is 0.271 e. The first kappa shape index (κ1) is 14.2. The topological polar surface area (TPSA) is 58.6 Å². The van der Waals surface area contributed by atoms with Gasteiger partial charge in [0.05, 0.1) is 17.9 Å². The first-order valence-corrected chi connectivity index (χ1v) is 8.83. The predicted molar refractivity (Wildman–Crippen MR) is 85.1 cm³/mol. The van der Waals surface area contributed by atoms with Gasteiger partial charge in [-0.2, -0.15) is 0 Å². The Balaban J connectivity index is 1.90. The standard InChI is InChI=1S/C14H16N2O3S2/c1-10-3-6-14(20-10)21(17,18)15-11-4-5-13-12(9-11)16(2)7-8-19-13/h3-6,9,15H,7-8H2,1-2H3. The fourth-order valence-electron chi connectivity index (χ4n) is 2.18. The van der Waals surface area contributed by atoms with Gasteiger partial charge in [-0.1, -0.05) is 0 Å². The molecule has 0 unspecified atom stereocenters. The summed E-state index contributed by atoms with van der Waals surface area (Å²) in [6, 6.07) is 8.73. The molecule has 0 atom stereocenters. The molecule has 0 amide bonds. The van der Waals surface area contributed by atoms with Crippen LogP contribution in [0.15, 0.2) is 34.5 Å². The number of sulfonamides is 1. The lowest BCUT2D eigenvalue weighted by Gasteiger charge is -2.28. The van der Waals surface area contributed by atoms with E-state index >= 15 is 0 Å². The van der Waals surface area contributed by atoms with Crippen molar-refractivity contribution >= 4 is 32.7 Å². The number of rotatable bonds is 3. The molecule has 1 N–H and O–H groups in total. The molecular weight excluding hydrogens is 308 g/mol. The molecule has 1 aromatic heterocycles. The number of ether oxygens (including phenoxy) is 1. The molecule has 2 heterocycles. The molecule has 112 valence electrons. The van der Waals surface area contributed by atoms with Crippen molar-refractivity contribution in [3.05, 3.63) is 35.2 Å². The van der Waals surface area contributed by atoms with Gasteiger partial charge in [-0.15, -0.1) is 11.3 Å². The zero-order valence-electron chi connectivity index (χ0n) is 11.8. The second-order valence-electron chi connectivity index (χ2n) is 4.92. The maximum Gasteiger partial charge on any atom is 0.271 e. The highest BCUT2D eigenvalue weighted by molar-refractivity contribution is 7.94. The van der Waals surface area contributed by atoms with E-state index in [0.717, 1.165) is 22.9 Å². The molecule has 2 aromatic rings. The highest BCUT2D eigenvalue weighted by atomic mass is 32.2. The quantitative estimate of drug-likeness (QED) is 0.943. The van der Waals surface area contributed by atoms with Crippen molar-refractivity contribution in [1.29, 1.82) is 0 Å². The minimum Gasteiger partial charge on any atom is -0.490 e. The van der Waals surface area contributed by atoms with E-state index in [-0.39, 0.29) is 0 Å². The fourth-order valence-corrected chi connectivity index (χ4v) is 4.51. The highest BCUT2D eigenvalue weighted by Crippen LogP contribution is 2.34.